The quantitative estimate of drug-likeness (QED) is 0.764. The minimum atomic E-state index is -3.49. The first-order chi connectivity index (χ1) is 10.4. The van der Waals surface area contributed by atoms with Crippen molar-refractivity contribution in [2.24, 2.45) is 5.92 Å². The van der Waals surface area contributed by atoms with Crippen molar-refractivity contribution in [2.75, 3.05) is 0 Å². The van der Waals surface area contributed by atoms with Gasteiger partial charge in [0.15, 0.2) is 9.84 Å². The van der Waals surface area contributed by atoms with Crippen LogP contribution in [0.4, 0.5) is 0 Å². The highest BCUT2D eigenvalue weighted by atomic mass is 79.9. The SMILES string of the molecule is Cc1ccc(S(=O)(=O)[C@H]2[C@@H](C=O)[C@@H]2c2ccc(Br)cc2)cc1. The van der Waals surface area contributed by atoms with E-state index < -0.39 is 21.0 Å². The van der Waals surface area contributed by atoms with Crippen LogP contribution in [-0.4, -0.2) is 20.0 Å². The van der Waals surface area contributed by atoms with Crippen LogP contribution < -0.4 is 0 Å². The maximum Gasteiger partial charge on any atom is 0.182 e. The molecule has 1 aliphatic rings. The Hall–Kier alpha value is -1.46. The molecule has 0 heterocycles. The first kappa shape index (κ1) is 15.4. The lowest BCUT2D eigenvalue weighted by molar-refractivity contribution is -0.108. The smallest absolute Gasteiger partial charge is 0.182 e. The van der Waals surface area contributed by atoms with Crippen LogP contribution in [0, 0.1) is 12.8 Å². The number of benzene rings is 2. The second-order valence-electron chi connectivity index (χ2n) is 5.61. The molecule has 5 heteroatoms. The lowest BCUT2D eigenvalue weighted by Gasteiger charge is -2.05. The standard InChI is InChI=1S/C17H15BrO3S/c1-11-2-8-14(9-3-11)22(20,21)17-15(10-19)16(17)12-4-6-13(18)7-5-12/h2-10,15-17H,1H3/t15-,16-,17-/m0/s1. The molecule has 2 aromatic carbocycles. The third kappa shape index (κ3) is 2.63. The summed E-state index contributed by atoms with van der Waals surface area (Å²) < 4.78 is 26.4. The van der Waals surface area contributed by atoms with Crippen LogP contribution in [0.2, 0.25) is 0 Å². The molecule has 0 spiro atoms. The van der Waals surface area contributed by atoms with Gasteiger partial charge >= 0.3 is 0 Å². The minimum Gasteiger partial charge on any atom is -0.303 e. The molecule has 1 fully saturated rings. The van der Waals surface area contributed by atoms with Crippen molar-refractivity contribution >= 4 is 32.1 Å². The van der Waals surface area contributed by atoms with Gasteiger partial charge in [-0.3, -0.25) is 0 Å². The normalized spacial score (nSPS) is 24.0. The fourth-order valence-electron chi connectivity index (χ4n) is 2.85. The number of aryl methyl sites for hydroxylation is 1. The Morgan fingerprint density at radius 1 is 1.00 bits per heavy atom. The van der Waals surface area contributed by atoms with Gasteiger partial charge in [0.05, 0.1) is 10.1 Å². The van der Waals surface area contributed by atoms with Crippen molar-refractivity contribution in [3.8, 4) is 0 Å². The zero-order valence-electron chi connectivity index (χ0n) is 11.9. The monoisotopic (exact) mass is 378 g/mol. The molecule has 3 atom stereocenters. The van der Waals surface area contributed by atoms with Crippen LogP contribution in [0.25, 0.3) is 0 Å². The maximum absolute atomic E-state index is 12.8. The molecule has 0 saturated heterocycles. The molecule has 114 valence electrons. The largest absolute Gasteiger partial charge is 0.303 e. The molecule has 22 heavy (non-hydrogen) atoms. The average molecular weight is 379 g/mol. The highest BCUT2D eigenvalue weighted by Crippen LogP contribution is 2.52. The van der Waals surface area contributed by atoms with Gasteiger partial charge in [0.1, 0.15) is 6.29 Å². The molecule has 0 radical (unpaired) electrons. The predicted molar refractivity (Wildman–Crippen MR) is 88.6 cm³/mol. The lowest BCUT2D eigenvalue weighted by Crippen LogP contribution is -2.11. The number of carbonyl (C=O) groups excluding carboxylic acids is 1. The third-order valence-electron chi connectivity index (χ3n) is 4.13. The molecule has 2 aromatic rings. The number of hydrogen-bond donors (Lipinski definition) is 0. The molecule has 3 rings (SSSR count). The molecule has 0 aliphatic heterocycles. The topological polar surface area (TPSA) is 51.2 Å². The molecule has 0 amide bonds. The Balaban J connectivity index is 1.95. The highest BCUT2D eigenvalue weighted by Gasteiger charge is 2.58. The number of aldehydes is 1. The van der Waals surface area contributed by atoms with Crippen LogP contribution in [0.5, 0.6) is 0 Å². The fourth-order valence-corrected chi connectivity index (χ4v) is 5.22. The van der Waals surface area contributed by atoms with Gasteiger partial charge in [0.25, 0.3) is 0 Å². The highest BCUT2D eigenvalue weighted by molar-refractivity contribution is 9.10. The minimum absolute atomic E-state index is 0.253. The maximum atomic E-state index is 12.8. The first-order valence-corrected chi connectivity index (χ1v) is 9.30. The summed E-state index contributed by atoms with van der Waals surface area (Å²) in [5.74, 6) is -0.718. The van der Waals surface area contributed by atoms with E-state index in [9.17, 15) is 13.2 Å². The fraction of sp³-hybridized carbons (Fsp3) is 0.235. The lowest BCUT2D eigenvalue weighted by atomic mass is 10.1. The van der Waals surface area contributed by atoms with E-state index in [1.807, 2.05) is 31.2 Å². The van der Waals surface area contributed by atoms with E-state index in [0.29, 0.717) is 0 Å². The van der Waals surface area contributed by atoms with Gasteiger partial charge < -0.3 is 4.79 Å². The number of hydrogen-bond acceptors (Lipinski definition) is 3. The van der Waals surface area contributed by atoms with Gasteiger partial charge in [-0.1, -0.05) is 45.8 Å². The summed E-state index contributed by atoms with van der Waals surface area (Å²) in [7, 11) is -3.49. The van der Waals surface area contributed by atoms with Crippen LogP contribution in [0.3, 0.4) is 0 Å². The van der Waals surface area contributed by atoms with Gasteiger partial charge in [0, 0.05) is 16.3 Å². The summed E-state index contributed by atoms with van der Waals surface area (Å²) in [4.78, 5) is 11.6. The molecule has 0 aromatic heterocycles. The van der Waals surface area contributed by atoms with E-state index >= 15 is 0 Å². The van der Waals surface area contributed by atoms with Gasteiger partial charge in [-0.25, -0.2) is 8.42 Å². The molecule has 0 bridgehead atoms. The molecule has 1 aliphatic carbocycles. The van der Waals surface area contributed by atoms with Gasteiger partial charge in [-0.15, -0.1) is 0 Å². The van der Waals surface area contributed by atoms with Gasteiger partial charge in [-0.2, -0.15) is 0 Å². The first-order valence-electron chi connectivity index (χ1n) is 6.96. The molecule has 0 unspecified atom stereocenters. The van der Waals surface area contributed by atoms with E-state index in [-0.39, 0.29) is 10.8 Å². The Kier molecular flexibility index (Phi) is 3.95. The van der Waals surface area contributed by atoms with E-state index in [1.165, 1.54) is 0 Å². The van der Waals surface area contributed by atoms with Gasteiger partial charge in [-0.05, 0) is 36.8 Å². The Labute approximate surface area is 138 Å². The summed E-state index contributed by atoms with van der Waals surface area (Å²) >= 11 is 3.36. The second-order valence-corrected chi connectivity index (χ2v) is 8.63. The van der Waals surface area contributed by atoms with Crippen molar-refractivity contribution in [1.29, 1.82) is 0 Å². The predicted octanol–water partition coefficient (Wildman–Crippen LogP) is 3.51. The van der Waals surface area contributed by atoms with Crippen LogP contribution in [0.1, 0.15) is 17.0 Å². The summed E-state index contributed by atoms with van der Waals surface area (Å²) in [5.41, 5.74) is 1.90. The van der Waals surface area contributed by atoms with E-state index in [1.54, 1.807) is 24.3 Å². The summed E-state index contributed by atoms with van der Waals surface area (Å²) in [6.07, 6.45) is 0.767. The molecular formula is C17H15BrO3S. The molecular weight excluding hydrogens is 364 g/mol. The average Bonchev–Trinajstić information content (AvgIpc) is 3.24. The van der Waals surface area contributed by atoms with Crippen molar-refractivity contribution < 1.29 is 13.2 Å². The van der Waals surface area contributed by atoms with Crippen LogP contribution in [0.15, 0.2) is 57.9 Å². The molecule has 0 N–H and O–H groups in total. The van der Waals surface area contributed by atoms with E-state index in [2.05, 4.69) is 15.9 Å². The van der Waals surface area contributed by atoms with Gasteiger partial charge in [0.2, 0.25) is 0 Å². The zero-order valence-corrected chi connectivity index (χ0v) is 14.3. The number of rotatable bonds is 4. The number of carbonyl (C=O) groups is 1. The van der Waals surface area contributed by atoms with E-state index in [4.69, 9.17) is 0 Å². The Morgan fingerprint density at radius 3 is 2.14 bits per heavy atom. The second kappa shape index (κ2) is 5.63. The van der Waals surface area contributed by atoms with E-state index in [0.717, 1.165) is 21.9 Å². The van der Waals surface area contributed by atoms with Crippen molar-refractivity contribution in [1.82, 2.24) is 0 Å². The van der Waals surface area contributed by atoms with Crippen molar-refractivity contribution in [3.63, 3.8) is 0 Å². The zero-order chi connectivity index (χ0) is 15.9. The summed E-state index contributed by atoms with van der Waals surface area (Å²) in [6.45, 7) is 1.91. The Bertz CT molecular complexity index is 795. The number of halogens is 1. The van der Waals surface area contributed by atoms with Crippen LogP contribution in [-0.2, 0) is 14.6 Å². The Morgan fingerprint density at radius 2 is 1.59 bits per heavy atom. The van der Waals surface area contributed by atoms with Crippen molar-refractivity contribution in [2.45, 2.75) is 23.0 Å². The summed E-state index contributed by atoms with van der Waals surface area (Å²) in [5, 5.41) is -0.658. The molecule has 3 nitrogen and oxygen atoms in total. The summed E-state index contributed by atoms with van der Waals surface area (Å²) in [6, 6.07) is 14.3. The molecule has 1 saturated carbocycles. The third-order valence-corrected chi connectivity index (χ3v) is 6.91. The van der Waals surface area contributed by atoms with Crippen molar-refractivity contribution in [3.05, 3.63) is 64.1 Å². The van der Waals surface area contributed by atoms with Crippen LogP contribution >= 0.6 is 15.9 Å². The number of sulfone groups is 1.